The molecule has 2 rings (SSSR count). The fourth-order valence-corrected chi connectivity index (χ4v) is 4.39. The second kappa shape index (κ2) is 2.78. The minimum atomic E-state index is -1.36. The van der Waals surface area contributed by atoms with Crippen LogP contribution >= 0.6 is 69.6 Å². The summed E-state index contributed by atoms with van der Waals surface area (Å²) in [6.07, 6.45) is 3.25. The predicted octanol–water partition coefficient (Wildman–Crippen LogP) is 3.91. The lowest BCUT2D eigenvalue weighted by atomic mass is 10.1. The highest BCUT2D eigenvalue weighted by Crippen LogP contribution is 2.67. The van der Waals surface area contributed by atoms with Crippen molar-refractivity contribution in [2.45, 2.75) is 24.8 Å². The van der Waals surface area contributed by atoms with E-state index in [9.17, 15) is 0 Å². The largest absolute Gasteiger partial charge is 0.166 e. The van der Waals surface area contributed by atoms with Gasteiger partial charge in [-0.1, -0.05) is 35.4 Å². The normalized spacial score (nSPS) is 57.4. The van der Waals surface area contributed by atoms with Crippen LogP contribution in [0.3, 0.4) is 0 Å². The van der Waals surface area contributed by atoms with Gasteiger partial charge in [0.15, 0.2) is 4.33 Å². The molecule has 2 aliphatic carbocycles. The quantitative estimate of drug-likeness (QED) is 0.470. The lowest BCUT2D eigenvalue weighted by Gasteiger charge is -2.30. The van der Waals surface area contributed by atoms with Crippen molar-refractivity contribution in [2.24, 2.45) is 0 Å². The topological polar surface area (TPSA) is 0 Å². The molecule has 0 N–H and O–H groups in total. The Hall–Kier alpha value is 1.48. The molecule has 0 aromatic carbocycles. The molecule has 2 bridgehead atoms. The van der Waals surface area contributed by atoms with Crippen LogP contribution in [0.1, 0.15) is 0 Å². The zero-order valence-electron chi connectivity index (χ0n) is 6.08. The Kier molecular flexibility index (Phi) is 2.35. The predicted molar refractivity (Wildman–Crippen MR) is 60.0 cm³/mol. The van der Waals surface area contributed by atoms with Crippen molar-refractivity contribution in [1.29, 1.82) is 0 Å². The molecule has 0 aromatic rings. The molecular formula is C7H4Cl6. The third-order valence-corrected chi connectivity index (χ3v) is 7.06. The summed E-state index contributed by atoms with van der Waals surface area (Å²) in [4.78, 5) is -2.16. The van der Waals surface area contributed by atoms with Gasteiger partial charge in [0, 0.05) is 0 Å². The van der Waals surface area contributed by atoms with Crippen molar-refractivity contribution < 1.29 is 0 Å². The maximum atomic E-state index is 6.17. The Morgan fingerprint density at radius 2 is 1.08 bits per heavy atom. The van der Waals surface area contributed by atoms with Gasteiger partial charge in [-0.3, -0.25) is 0 Å². The highest BCUT2D eigenvalue weighted by Gasteiger charge is 2.76. The molecule has 1 fully saturated rings. The first-order chi connectivity index (χ1) is 5.77. The molecule has 0 aromatic heterocycles. The summed E-state index contributed by atoms with van der Waals surface area (Å²) in [6.45, 7) is 0. The van der Waals surface area contributed by atoms with Crippen LogP contribution in [0.5, 0.6) is 0 Å². The van der Waals surface area contributed by atoms with E-state index in [1.165, 1.54) is 0 Å². The van der Waals surface area contributed by atoms with E-state index in [2.05, 4.69) is 0 Å². The number of halogens is 6. The summed E-state index contributed by atoms with van der Waals surface area (Å²) >= 11 is 36.5. The molecular weight excluding hydrogens is 297 g/mol. The van der Waals surface area contributed by atoms with Gasteiger partial charge in [-0.25, -0.2) is 0 Å². The van der Waals surface area contributed by atoms with E-state index in [0.29, 0.717) is 0 Å². The van der Waals surface area contributed by atoms with Crippen molar-refractivity contribution in [1.82, 2.24) is 0 Å². The van der Waals surface area contributed by atoms with Crippen LogP contribution in [-0.2, 0) is 0 Å². The van der Waals surface area contributed by atoms with E-state index in [-0.39, 0.29) is 0 Å². The minimum absolute atomic E-state index is 0.576. The van der Waals surface area contributed by atoms with Crippen LogP contribution in [0.15, 0.2) is 12.2 Å². The molecule has 4 unspecified atom stereocenters. The van der Waals surface area contributed by atoms with Gasteiger partial charge in [-0.15, -0.1) is 46.4 Å². The van der Waals surface area contributed by atoms with Gasteiger partial charge in [-0.2, -0.15) is 0 Å². The van der Waals surface area contributed by atoms with E-state index in [0.717, 1.165) is 0 Å². The summed E-state index contributed by atoms with van der Waals surface area (Å²) in [5.41, 5.74) is 0. The molecule has 0 nitrogen and oxygen atoms in total. The molecule has 4 atom stereocenters. The Balaban J connectivity index is 2.61. The van der Waals surface area contributed by atoms with E-state index >= 15 is 0 Å². The first kappa shape index (κ1) is 11.0. The first-order valence-electron chi connectivity index (χ1n) is 3.51. The molecule has 74 valence electrons. The number of alkyl halides is 6. The molecule has 0 amide bonds. The van der Waals surface area contributed by atoms with E-state index in [4.69, 9.17) is 69.6 Å². The zero-order valence-corrected chi connectivity index (χ0v) is 10.6. The summed E-state index contributed by atoms with van der Waals surface area (Å²) in [5, 5.41) is -1.15. The maximum absolute atomic E-state index is 6.17. The van der Waals surface area contributed by atoms with Gasteiger partial charge in [0.1, 0.15) is 9.75 Å². The Labute approximate surface area is 106 Å². The molecule has 2 aliphatic rings. The number of hydrogen-bond donors (Lipinski definition) is 0. The van der Waals surface area contributed by atoms with Crippen molar-refractivity contribution in [3.8, 4) is 0 Å². The third-order valence-electron chi connectivity index (χ3n) is 2.59. The van der Waals surface area contributed by atoms with Gasteiger partial charge in [0.05, 0.1) is 10.8 Å². The van der Waals surface area contributed by atoms with E-state index < -0.39 is 24.8 Å². The number of rotatable bonds is 0. The Morgan fingerprint density at radius 1 is 0.769 bits per heavy atom. The van der Waals surface area contributed by atoms with Crippen molar-refractivity contribution in [2.75, 3.05) is 0 Å². The van der Waals surface area contributed by atoms with Crippen LogP contribution in [0.4, 0.5) is 0 Å². The van der Waals surface area contributed by atoms with E-state index in [1.54, 1.807) is 12.2 Å². The van der Waals surface area contributed by atoms with Crippen LogP contribution in [0.2, 0.25) is 0 Å². The molecule has 0 spiro atoms. The monoisotopic (exact) mass is 298 g/mol. The molecule has 0 heterocycles. The molecule has 1 saturated carbocycles. The lowest BCUT2D eigenvalue weighted by molar-refractivity contribution is 0.693. The summed E-state index contributed by atoms with van der Waals surface area (Å²) in [7, 11) is 0. The Morgan fingerprint density at radius 3 is 1.23 bits per heavy atom. The molecule has 0 saturated heterocycles. The van der Waals surface area contributed by atoms with Crippen LogP contribution < -0.4 is 0 Å². The third kappa shape index (κ3) is 0.984. The maximum Gasteiger partial charge on any atom is 0.166 e. The van der Waals surface area contributed by atoms with Gasteiger partial charge in [0.25, 0.3) is 0 Å². The highest BCUT2D eigenvalue weighted by atomic mass is 35.5. The smallest absolute Gasteiger partial charge is 0.119 e. The highest BCUT2D eigenvalue weighted by molar-refractivity contribution is 6.63. The van der Waals surface area contributed by atoms with Crippen LogP contribution in [0, 0.1) is 0 Å². The average Bonchev–Trinajstić information content (AvgIpc) is 2.28. The number of hydrogen-bond acceptors (Lipinski definition) is 0. The zero-order chi connectivity index (χ0) is 10.1. The molecule has 13 heavy (non-hydrogen) atoms. The van der Waals surface area contributed by atoms with Crippen molar-refractivity contribution in [3.63, 3.8) is 0 Å². The van der Waals surface area contributed by atoms with Crippen LogP contribution in [0.25, 0.3) is 0 Å². The second-order valence-corrected chi connectivity index (χ2v) is 6.77. The molecule has 6 heteroatoms. The molecule has 0 aliphatic heterocycles. The Bertz CT molecular complexity index is 261. The fourth-order valence-electron chi connectivity index (χ4n) is 1.70. The summed E-state index contributed by atoms with van der Waals surface area (Å²) < 4.78 is -1.36. The van der Waals surface area contributed by atoms with Gasteiger partial charge in [0.2, 0.25) is 0 Å². The SMILES string of the molecule is ClC1C(Cl)C2(Cl)C=CC1(Cl)C2(Cl)Cl. The van der Waals surface area contributed by atoms with Gasteiger partial charge >= 0.3 is 0 Å². The standard InChI is InChI=1S/C7H4Cl6/c8-3-4(9)6(11)2-1-5(3,10)7(6,12)13/h1-4H. The van der Waals surface area contributed by atoms with Crippen LogP contribution in [-0.4, -0.2) is 24.8 Å². The van der Waals surface area contributed by atoms with Gasteiger partial charge in [-0.05, 0) is 0 Å². The average molecular weight is 301 g/mol. The summed E-state index contributed by atoms with van der Waals surface area (Å²) in [6, 6.07) is 0. The van der Waals surface area contributed by atoms with E-state index in [1.807, 2.05) is 0 Å². The summed E-state index contributed by atoms with van der Waals surface area (Å²) in [5.74, 6) is 0. The number of fused-ring (bicyclic) bond motifs is 2. The fraction of sp³-hybridized carbons (Fsp3) is 0.714. The number of allylic oxidation sites excluding steroid dienone is 2. The lowest BCUT2D eigenvalue weighted by Crippen LogP contribution is -2.43. The van der Waals surface area contributed by atoms with Crippen molar-refractivity contribution >= 4 is 69.6 Å². The van der Waals surface area contributed by atoms with Gasteiger partial charge < -0.3 is 0 Å². The molecule has 0 radical (unpaired) electrons. The van der Waals surface area contributed by atoms with Crippen molar-refractivity contribution in [3.05, 3.63) is 12.2 Å². The second-order valence-electron chi connectivity index (χ2n) is 3.25. The minimum Gasteiger partial charge on any atom is -0.119 e. The first-order valence-corrected chi connectivity index (χ1v) is 5.90.